The summed E-state index contributed by atoms with van der Waals surface area (Å²) in [5, 5.41) is 0. The van der Waals surface area contributed by atoms with Crippen molar-refractivity contribution in [1.29, 1.82) is 0 Å². The van der Waals surface area contributed by atoms with Gasteiger partial charge in [0.25, 0.3) is 0 Å². The Kier molecular flexibility index (Phi) is 2.77. The molecule has 0 aromatic carbocycles. The van der Waals surface area contributed by atoms with Crippen LogP contribution in [0.4, 0.5) is 0 Å². The van der Waals surface area contributed by atoms with E-state index in [2.05, 4.69) is 11.9 Å². The van der Waals surface area contributed by atoms with Gasteiger partial charge in [0.05, 0.1) is 0 Å². The molecular weight excluding hydrogens is 176 g/mol. The van der Waals surface area contributed by atoms with E-state index in [9.17, 15) is 4.79 Å². The first-order valence-corrected chi connectivity index (χ1v) is 5.72. The van der Waals surface area contributed by atoms with E-state index in [1.54, 1.807) is 0 Å². The lowest BCUT2D eigenvalue weighted by Gasteiger charge is -2.24. The van der Waals surface area contributed by atoms with Crippen molar-refractivity contribution in [3.63, 3.8) is 0 Å². The highest BCUT2D eigenvalue weighted by Gasteiger charge is 2.35. The molecule has 1 aliphatic heterocycles. The monoisotopic (exact) mass is 196 g/mol. The van der Waals surface area contributed by atoms with E-state index in [-0.39, 0.29) is 0 Å². The van der Waals surface area contributed by atoms with Gasteiger partial charge in [-0.3, -0.25) is 9.69 Å². The van der Waals surface area contributed by atoms with Crippen LogP contribution in [-0.4, -0.2) is 47.9 Å². The smallest absolute Gasteiger partial charge is 0.222 e. The molecule has 1 unspecified atom stereocenters. The van der Waals surface area contributed by atoms with Crippen molar-refractivity contribution in [2.24, 2.45) is 0 Å². The van der Waals surface area contributed by atoms with Gasteiger partial charge in [0.15, 0.2) is 0 Å². The summed E-state index contributed by atoms with van der Waals surface area (Å²) in [5.74, 6) is 0.316. The van der Waals surface area contributed by atoms with Crippen molar-refractivity contribution in [1.82, 2.24) is 9.80 Å². The number of hydrogen-bond acceptors (Lipinski definition) is 2. The molecule has 0 N–H and O–H groups in total. The van der Waals surface area contributed by atoms with Crippen LogP contribution in [-0.2, 0) is 4.79 Å². The molecule has 0 radical (unpaired) electrons. The van der Waals surface area contributed by atoms with Crippen LogP contribution in [0.1, 0.15) is 32.6 Å². The fourth-order valence-corrected chi connectivity index (χ4v) is 2.30. The number of likely N-dealkylation sites (N-methyl/N-ethyl adjacent to an activating group) is 1. The normalized spacial score (nSPS) is 27.4. The molecular formula is C11H20N2O. The molecule has 3 nitrogen and oxygen atoms in total. The maximum atomic E-state index is 11.5. The minimum atomic E-state index is 0.316. The third kappa shape index (κ3) is 1.92. The summed E-state index contributed by atoms with van der Waals surface area (Å²) in [6.07, 6.45) is 4.53. The number of amides is 1. The second-order valence-corrected chi connectivity index (χ2v) is 4.53. The van der Waals surface area contributed by atoms with Gasteiger partial charge in [-0.05, 0) is 26.3 Å². The number of rotatable bonds is 3. The van der Waals surface area contributed by atoms with E-state index < -0.39 is 0 Å². The molecule has 3 heteroatoms. The molecule has 1 amide bonds. The van der Waals surface area contributed by atoms with Crippen LogP contribution >= 0.6 is 0 Å². The summed E-state index contributed by atoms with van der Waals surface area (Å²) in [7, 11) is 2.21. The van der Waals surface area contributed by atoms with Gasteiger partial charge in [-0.25, -0.2) is 0 Å². The molecule has 2 rings (SSSR count). The van der Waals surface area contributed by atoms with Gasteiger partial charge >= 0.3 is 0 Å². The van der Waals surface area contributed by atoms with Crippen molar-refractivity contribution in [2.75, 3.05) is 20.1 Å². The molecule has 14 heavy (non-hydrogen) atoms. The fourth-order valence-electron chi connectivity index (χ4n) is 2.30. The van der Waals surface area contributed by atoms with Gasteiger partial charge in [-0.15, -0.1) is 0 Å². The highest BCUT2D eigenvalue weighted by atomic mass is 16.2. The Labute approximate surface area is 86.1 Å². The van der Waals surface area contributed by atoms with Gasteiger partial charge in [-0.2, -0.15) is 0 Å². The van der Waals surface area contributed by atoms with Crippen LogP contribution in [0.3, 0.4) is 0 Å². The number of nitrogens with zero attached hydrogens (tertiary/aromatic N) is 2. The van der Waals surface area contributed by atoms with E-state index in [0.29, 0.717) is 18.4 Å². The molecule has 1 atom stereocenters. The van der Waals surface area contributed by atoms with Crippen molar-refractivity contribution in [3.8, 4) is 0 Å². The first kappa shape index (κ1) is 9.97. The molecule has 1 saturated carbocycles. The van der Waals surface area contributed by atoms with Crippen LogP contribution in [0.25, 0.3) is 0 Å². The third-order valence-electron chi connectivity index (χ3n) is 3.52. The lowest BCUT2D eigenvalue weighted by Crippen LogP contribution is -2.37. The molecule has 2 fully saturated rings. The predicted octanol–water partition coefficient (Wildman–Crippen LogP) is 1.09. The van der Waals surface area contributed by atoms with Crippen LogP contribution in [0.15, 0.2) is 0 Å². The standard InChI is InChI=1S/C11H20N2O/c1-3-11(14)13-7-6-10(8-13)12(2)9-4-5-9/h9-10H,3-8H2,1-2H3. The maximum absolute atomic E-state index is 11.5. The van der Waals surface area contributed by atoms with Crippen LogP contribution < -0.4 is 0 Å². The maximum Gasteiger partial charge on any atom is 0.222 e. The van der Waals surface area contributed by atoms with Crippen molar-refractivity contribution >= 4 is 5.91 Å². The largest absolute Gasteiger partial charge is 0.341 e. The van der Waals surface area contributed by atoms with Crippen LogP contribution in [0, 0.1) is 0 Å². The SMILES string of the molecule is CCC(=O)N1CCC(N(C)C2CC2)C1. The molecule has 1 heterocycles. The minimum Gasteiger partial charge on any atom is -0.341 e. The zero-order chi connectivity index (χ0) is 10.1. The van der Waals surface area contributed by atoms with Crippen LogP contribution in [0.2, 0.25) is 0 Å². The van der Waals surface area contributed by atoms with Gasteiger partial charge < -0.3 is 4.90 Å². The van der Waals surface area contributed by atoms with Gasteiger partial charge in [0.1, 0.15) is 0 Å². The highest BCUT2D eigenvalue weighted by molar-refractivity contribution is 5.76. The number of hydrogen-bond donors (Lipinski definition) is 0. The Morgan fingerprint density at radius 2 is 2.07 bits per heavy atom. The zero-order valence-electron chi connectivity index (χ0n) is 9.20. The topological polar surface area (TPSA) is 23.6 Å². The number of likely N-dealkylation sites (tertiary alicyclic amines) is 1. The Hall–Kier alpha value is -0.570. The molecule has 0 aromatic heterocycles. The minimum absolute atomic E-state index is 0.316. The summed E-state index contributed by atoms with van der Waals surface area (Å²) in [4.78, 5) is 16.0. The lowest BCUT2D eigenvalue weighted by atomic mass is 10.2. The van der Waals surface area contributed by atoms with E-state index >= 15 is 0 Å². The molecule has 1 aliphatic carbocycles. The Morgan fingerprint density at radius 1 is 1.36 bits per heavy atom. The average molecular weight is 196 g/mol. The molecule has 0 bridgehead atoms. The summed E-state index contributed by atoms with van der Waals surface area (Å²) >= 11 is 0. The average Bonchev–Trinajstić information content (AvgIpc) is 2.93. The second-order valence-electron chi connectivity index (χ2n) is 4.53. The van der Waals surface area contributed by atoms with Gasteiger partial charge in [0.2, 0.25) is 5.91 Å². The lowest BCUT2D eigenvalue weighted by molar-refractivity contribution is -0.129. The van der Waals surface area contributed by atoms with Gasteiger partial charge in [0, 0.05) is 31.6 Å². The summed E-state index contributed by atoms with van der Waals surface area (Å²) in [6.45, 7) is 3.87. The fraction of sp³-hybridized carbons (Fsp3) is 0.909. The Balaban J connectivity index is 1.84. The third-order valence-corrected chi connectivity index (χ3v) is 3.52. The number of carbonyl (C=O) groups is 1. The predicted molar refractivity (Wildman–Crippen MR) is 56.1 cm³/mol. The Morgan fingerprint density at radius 3 is 2.64 bits per heavy atom. The molecule has 2 aliphatic rings. The first-order chi connectivity index (χ1) is 6.72. The molecule has 1 saturated heterocycles. The van der Waals surface area contributed by atoms with E-state index in [1.807, 2.05) is 11.8 Å². The second kappa shape index (κ2) is 3.89. The van der Waals surface area contributed by atoms with Crippen molar-refractivity contribution in [2.45, 2.75) is 44.7 Å². The Bertz CT molecular complexity index is 225. The summed E-state index contributed by atoms with van der Waals surface area (Å²) < 4.78 is 0. The highest BCUT2D eigenvalue weighted by Crippen LogP contribution is 2.29. The quantitative estimate of drug-likeness (QED) is 0.674. The van der Waals surface area contributed by atoms with Crippen molar-refractivity contribution < 1.29 is 4.79 Å². The summed E-state index contributed by atoms with van der Waals surface area (Å²) in [6, 6.07) is 1.44. The van der Waals surface area contributed by atoms with E-state index in [0.717, 1.165) is 19.1 Å². The van der Waals surface area contributed by atoms with E-state index in [1.165, 1.54) is 19.3 Å². The molecule has 80 valence electrons. The van der Waals surface area contributed by atoms with Crippen molar-refractivity contribution in [3.05, 3.63) is 0 Å². The van der Waals surface area contributed by atoms with E-state index in [4.69, 9.17) is 0 Å². The van der Waals surface area contributed by atoms with Crippen LogP contribution in [0.5, 0.6) is 0 Å². The molecule has 0 spiro atoms. The van der Waals surface area contributed by atoms with Gasteiger partial charge in [-0.1, -0.05) is 6.92 Å². The first-order valence-electron chi connectivity index (χ1n) is 5.72. The zero-order valence-corrected chi connectivity index (χ0v) is 9.20. The summed E-state index contributed by atoms with van der Waals surface area (Å²) in [5.41, 5.74) is 0. The molecule has 0 aromatic rings. The number of carbonyl (C=O) groups excluding carboxylic acids is 1.